The average Bonchev–Trinajstić information content (AvgIpc) is 2.25. The maximum Gasteiger partial charge on any atom is 0.410 e. The maximum absolute atomic E-state index is 12.0. The van der Waals surface area contributed by atoms with E-state index in [0.29, 0.717) is 13.0 Å². The van der Waals surface area contributed by atoms with Gasteiger partial charge in [-0.15, -0.1) is 0 Å². The summed E-state index contributed by atoms with van der Waals surface area (Å²) in [4.78, 5) is 35.8. The molecule has 0 bridgehead atoms. The molecule has 108 valence electrons. The van der Waals surface area contributed by atoms with Crippen molar-refractivity contribution in [1.29, 1.82) is 0 Å². The second-order valence-corrected chi connectivity index (χ2v) is 5.72. The molecule has 0 radical (unpaired) electrons. The van der Waals surface area contributed by atoms with Crippen molar-refractivity contribution in [1.82, 2.24) is 4.90 Å². The molecule has 1 aliphatic rings. The number of likely N-dealkylation sites (tertiary alicyclic amines) is 1. The van der Waals surface area contributed by atoms with Crippen molar-refractivity contribution < 1.29 is 24.2 Å². The zero-order chi connectivity index (χ0) is 14.6. The number of aliphatic carboxylic acids is 1. The number of piperidine rings is 1. The van der Waals surface area contributed by atoms with Gasteiger partial charge in [-0.3, -0.25) is 14.5 Å². The molecule has 0 unspecified atom stereocenters. The molecule has 19 heavy (non-hydrogen) atoms. The Labute approximate surface area is 112 Å². The van der Waals surface area contributed by atoms with E-state index in [1.54, 1.807) is 20.8 Å². The van der Waals surface area contributed by atoms with Crippen molar-refractivity contribution in [2.24, 2.45) is 0 Å². The van der Waals surface area contributed by atoms with Crippen LogP contribution in [0.5, 0.6) is 0 Å². The number of Topliss-reactive ketones (excluding diaryl/α,β-unsaturated/α-hetero) is 1. The molecule has 0 saturated carbocycles. The maximum atomic E-state index is 12.0. The van der Waals surface area contributed by atoms with Crippen molar-refractivity contribution in [2.45, 2.75) is 58.1 Å². The fourth-order valence-electron chi connectivity index (χ4n) is 2.07. The van der Waals surface area contributed by atoms with Crippen LogP contribution in [-0.2, 0) is 14.3 Å². The number of carbonyl (C=O) groups is 3. The van der Waals surface area contributed by atoms with Crippen LogP contribution in [0.1, 0.15) is 46.5 Å². The van der Waals surface area contributed by atoms with Gasteiger partial charge < -0.3 is 9.84 Å². The van der Waals surface area contributed by atoms with E-state index in [1.165, 1.54) is 4.90 Å². The molecule has 1 atom stereocenters. The van der Waals surface area contributed by atoms with Gasteiger partial charge in [0, 0.05) is 6.54 Å². The lowest BCUT2D eigenvalue weighted by molar-refractivity contribution is -0.142. The lowest BCUT2D eigenvalue weighted by Gasteiger charge is -2.35. The summed E-state index contributed by atoms with van der Waals surface area (Å²) in [5, 5.41) is 8.67. The van der Waals surface area contributed by atoms with Gasteiger partial charge in [0.25, 0.3) is 0 Å². The molecular weight excluding hydrogens is 250 g/mol. The molecule has 0 spiro atoms. The zero-order valence-electron chi connectivity index (χ0n) is 11.6. The van der Waals surface area contributed by atoms with Gasteiger partial charge in [0.15, 0.2) is 5.78 Å². The highest BCUT2D eigenvalue weighted by atomic mass is 16.6. The number of carboxylic acid groups (broad SMARTS) is 1. The molecule has 1 aliphatic heterocycles. The number of hydrogen-bond acceptors (Lipinski definition) is 4. The second-order valence-electron chi connectivity index (χ2n) is 5.72. The van der Waals surface area contributed by atoms with Gasteiger partial charge in [-0.2, -0.15) is 0 Å². The summed E-state index contributed by atoms with van der Waals surface area (Å²) < 4.78 is 5.25. The lowest BCUT2D eigenvalue weighted by Crippen LogP contribution is -2.50. The summed E-state index contributed by atoms with van der Waals surface area (Å²) in [7, 11) is 0. The number of carboxylic acids is 1. The van der Waals surface area contributed by atoms with Gasteiger partial charge in [0.05, 0.1) is 6.04 Å². The van der Waals surface area contributed by atoms with Crippen LogP contribution in [-0.4, -0.2) is 46.0 Å². The van der Waals surface area contributed by atoms with Crippen LogP contribution in [0.25, 0.3) is 0 Å². The first-order valence-electron chi connectivity index (χ1n) is 6.45. The molecule has 1 heterocycles. The smallest absolute Gasteiger partial charge is 0.410 e. The molecule has 0 aliphatic carbocycles. The van der Waals surface area contributed by atoms with Gasteiger partial charge in [0.2, 0.25) is 0 Å². The van der Waals surface area contributed by atoms with E-state index in [0.717, 1.165) is 12.8 Å². The van der Waals surface area contributed by atoms with Crippen LogP contribution in [0.2, 0.25) is 0 Å². The first-order chi connectivity index (χ1) is 8.70. The fraction of sp³-hybridized carbons (Fsp3) is 0.769. The van der Waals surface area contributed by atoms with E-state index < -0.39 is 35.9 Å². The van der Waals surface area contributed by atoms with E-state index in [1.807, 2.05) is 0 Å². The predicted octanol–water partition coefficient (Wildman–Crippen LogP) is 1.82. The third kappa shape index (κ3) is 4.89. The van der Waals surface area contributed by atoms with Gasteiger partial charge in [-0.1, -0.05) is 0 Å². The predicted molar refractivity (Wildman–Crippen MR) is 67.8 cm³/mol. The van der Waals surface area contributed by atoms with E-state index in [-0.39, 0.29) is 0 Å². The summed E-state index contributed by atoms with van der Waals surface area (Å²) in [6.07, 6.45) is 1.02. The Bertz CT molecular complexity index is 372. The average molecular weight is 271 g/mol. The van der Waals surface area contributed by atoms with Gasteiger partial charge in [-0.25, -0.2) is 4.79 Å². The quantitative estimate of drug-likeness (QED) is 0.791. The number of carbonyl (C=O) groups excluding carboxylic acids is 2. The highest BCUT2D eigenvalue weighted by Gasteiger charge is 2.35. The fourth-order valence-corrected chi connectivity index (χ4v) is 2.07. The third-order valence-corrected chi connectivity index (χ3v) is 2.83. The normalized spacial score (nSPS) is 19.9. The highest BCUT2D eigenvalue weighted by molar-refractivity contribution is 5.99. The van der Waals surface area contributed by atoms with Crippen LogP contribution in [0, 0.1) is 0 Å². The van der Waals surface area contributed by atoms with E-state index in [9.17, 15) is 14.4 Å². The number of ether oxygens (including phenoxy) is 1. The van der Waals surface area contributed by atoms with Crippen LogP contribution >= 0.6 is 0 Å². The van der Waals surface area contributed by atoms with Crippen molar-refractivity contribution in [3.8, 4) is 0 Å². The van der Waals surface area contributed by atoms with Crippen LogP contribution in [0.4, 0.5) is 4.79 Å². The second kappa shape index (κ2) is 6.04. The van der Waals surface area contributed by atoms with E-state index in [4.69, 9.17) is 9.84 Å². The molecule has 0 aromatic heterocycles. The number of hydrogen-bond donors (Lipinski definition) is 1. The van der Waals surface area contributed by atoms with Crippen LogP contribution < -0.4 is 0 Å². The minimum atomic E-state index is -1.17. The van der Waals surface area contributed by atoms with Gasteiger partial charge >= 0.3 is 12.1 Å². The molecule has 6 nitrogen and oxygen atoms in total. The zero-order valence-corrected chi connectivity index (χ0v) is 11.6. The number of amides is 1. The number of nitrogens with zero attached hydrogens (tertiary/aromatic N) is 1. The van der Waals surface area contributed by atoms with Crippen molar-refractivity contribution >= 4 is 17.8 Å². The number of rotatable bonds is 3. The van der Waals surface area contributed by atoms with E-state index in [2.05, 4.69) is 0 Å². The minimum absolute atomic E-state index is 0.432. The molecule has 0 aromatic carbocycles. The van der Waals surface area contributed by atoms with Crippen molar-refractivity contribution in [2.75, 3.05) is 6.54 Å². The SMILES string of the molecule is CC(C)(C)OC(=O)N1CCCC[C@H]1C(=O)CC(=O)O. The van der Waals surface area contributed by atoms with E-state index >= 15 is 0 Å². The third-order valence-electron chi connectivity index (χ3n) is 2.83. The molecule has 1 fully saturated rings. The molecular formula is C13H21NO5. The molecule has 1 N–H and O–H groups in total. The minimum Gasteiger partial charge on any atom is -0.481 e. The van der Waals surface area contributed by atoms with Crippen LogP contribution in [0.15, 0.2) is 0 Å². The van der Waals surface area contributed by atoms with Crippen molar-refractivity contribution in [3.05, 3.63) is 0 Å². The van der Waals surface area contributed by atoms with Crippen LogP contribution in [0.3, 0.4) is 0 Å². The summed E-state index contributed by atoms with van der Waals surface area (Å²) in [5.74, 6) is -1.60. The Morgan fingerprint density at radius 1 is 1.26 bits per heavy atom. The monoisotopic (exact) mass is 271 g/mol. The molecule has 1 saturated heterocycles. The number of ketones is 1. The Morgan fingerprint density at radius 3 is 2.42 bits per heavy atom. The topological polar surface area (TPSA) is 83.9 Å². The Morgan fingerprint density at radius 2 is 1.89 bits per heavy atom. The van der Waals surface area contributed by atoms with Gasteiger partial charge in [-0.05, 0) is 40.0 Å². The highest BCUT2D eigenvalue weighted by Crippen LogP contribution is 2.21. The largest absolute Gasteiger partial charge is 0.481 e. The lowest BCUT2D eigenvalue weighted by atomic mass is 9.97. The molecule has 6 heteroatoms. The summed E-state index contributed by atoms with van der Waals surface area (Å²) >= 11 is 0. The first kappa shape index (κ1) is 15.5. The molecule has 1 rings (SSSR count). The molecule has 0 aromatic rings. The first-order valence-corrected chi connectivity index (χ1v) is 6.45. The Hall–Kier alpha value is -1.59. The Kier molecular flexibility index (Phi) is 4.91. The van der Waals surface area contributed by atoms with Gasteiger partial charge in [0.1, 0.15) is 12.0 Å². The van der Waals surface area contributed by atoms with Crippen molar-refractivity contribution in [3.63, 3.8) is 0 Å². The summed E-state index contributed by atoms with van der Waals surface area (Å²) in [5.41, 5.74) is -0.630. The summed E-state index contributed by atoms with van der Waals surface area (Å²) in [6, 6.07) is -0.667. The molecule has 1 amide bonds. The Balaban J connectivity index is 2.74. The standard InChI is InChI=1S/C13H21NO5/c1-13(2,3)19-12(18)14-7-5-4-6-9(14)10(15)8-11(16)17/h9H,4-8H2,1-3H3,(H,16,17)/t9-/m0/s1. The summed E-state index contributed by atoms with van der Waals surface area (Å²) in [6.45, 7) is 5.69.